The quantitative estimate of drug-likeness (QED) is 0.614. The average molecular weight is 178 g/mol. The van der Waals surface area contributed by atoms with Crippen LogP contribution in [0.15, 0.2) is 0 Å². The molecule has 0 radical (unpaired) electrons. The third-order valence-corrected chi connectivity index (χ3v) is 3.48. The number of nitriles is 1. The van der Waals surface area contributed by atoms with Gasteiger partial charge < -0.3 is 0 Å². The van der Waals surface area contributed by atoms with Gasteiger partial charge in [-0.15, -0.1) is 0 Å². The fourth-order valence-electron chi connectivity index (χ4n) is 2.39. The van der Waals surface area contributed by atoms with Gasteiger partial charge in [0.2, 0.25) is 0 Å². The normalized spacial score (nSPS) is 34.1. The number of hydrogen-bond acceptors (Lipinski definition) is 2. The van der Waals surface area contributed by atoms with E-state index in [9.17, 15) is 0 Å². The van der Waals surface area contributed by atoms with Crippen molar-refractivity contribution in [1.82, 2.24) is 4.90 Å². The lowest BCUT2D eigenvalue weighted by Gasteiger charge is -2.41. The summed E-state index contributed by atoms with van der Waals surface area (Å²) in [6.45, 7) is 6.73. The zero-order valence-corrected chi connectivity index (χ0v) is 8.58. The molecule has 1 unspecified atom stereocenters. The lowest BCUT2D eigenvalue weighted by molar-refractivity contribution is 0.0766. The third kappa shape index (κ3) is 1.71. The minimum absolute atomic E-state index is 0.204. The highest BCUT2D eigenvalue weighted by molar-refractivity contribution is 5.01. The molecule has 1 aliphatic carbocycles. The van der Waals surface area contributed by atoms with Crippen LogP contribution < -0.4 is 0 Å². The van der Waals surface area contributed by atoms with Crippen molar-refractivity contribution >= 4 is 0 Å². The van der Waals surface area contributed by atoms with Crippen LogP contribution in [0.4, 0.5) is 0 Å². The summed E-state index contributed by atoms with van der Waals surface area (Å²) in [5.74, 6) is 0.266. The van der Waals surface area contributed by atoms with Gasteiger partial charge in [0.15, 0.2) is 0 Å². The molecule has 0 spiro atoms. The molecule has 2 aliphatic rings. The van der Waals surface area contributed by atoms with Crippen LogP contribution >= 0.6 is 0 Å². The summed E-state index contributed by atoms with van der Waals surface area (Å²) in [5.41, 5.74) is 0.204. The van der Waals surface area contributed by atoms with Gasteiger partial charge in [-0.25, -0.2) is 0 Å². The van der Waals surface area contributed by atoms with E-state index in [1.165, 1.54) is 12.8 Å². The Morgan fingerprint density at radius 1 is 1.31 bits per heavy atom. The van der Waals surface area contributed by atoms with Gasteiger partial charge in [0.05, 0.1) is 12.0 Å². The molecule has 0 amide bonds. The molecule has 0 N–H and O–H groups in total. The van der Waals surface area contributed by atoms with Crippen molar-refractivity contribution in [3.05, 3.63) is 0 Å². The Morgan fingerprint density at radius 3 is 2.46 bits per heavy atom. The number of hydrogen-bond donors (Lipinski definition) is 0. The molecule has 1 heterocycles. The second-order valence-corrected chi connectivity index (χ2v) is 5.16. The van der Waals surface area contributed by atoms with Gasteiger partial charge in [0, 0.05) is 12.6 Å². The van der Waals surface area contributed by atoms with Crippen molar-refractivity contribution in [3.63, 3.8) is 0 Å². The van der Waals surface area contributed by atoms with Crippen LogP contribution in [0, 0.1) is 22.7 Å². The summed E-state index contributed by atoms with van der Waals surface area (Å²) in [5, 5.41) is 9.00. The van der Waals surface area contributed by atoms with E-state index in [0.29, 0.717) is 0 Å². The summed E-state index contributed by atoms with van der Waals surface area (Å²) in [4.78, 5) is 2.58. The maximum atomic E-state index is 9.00. The lowest BCUT2D eigenvalue weighted by atomic mass is 9.75. The predicted octanol–water partition coefficient (Wildman–Crippen LogP) is 2.02. The second kappa shape index (κ2) is 2.99. The summed E-state index contributed by atoms with van der Waals surface area (Å²) in [6.07, 6.45) is 3.83. The SMILES string of the molecule is CC1(C)CN(C2CC2)CCC1C#N. The standard InChI is InChI=1S/C11H18N2/c1-11(2)8-13(10-3-4-10)6-5-9(11)7-12/h9-10H,3-6,8H2,1-2H3. The summed E-state index contributed by atoms with van der Waals surface area (Å²) in [6, 6.07) is 3.31. The first-order chi connectivity index (χ1) is 6.13. The number of rotatable bonds is 1. The second-order valence-electron chi connectivity index (χ2n) is 5.16. The molecular formula is C11H18N2. The molecule has 0 bridgehead atoms. The van der Waals surface area contributed by atoms with E-state index in [4.69, 9.17) is 5.26 Å². The smallest absolute Gasteiger partial charge is 0.0662 e. The minimum atomic E-state index is 0.204. The molecule has 1 atom stereocenters. The van der Waals surface area contributed by atoms with Crippen LogP contribution in [-0.2, 0) is 0 Å². The largest absolute Gasteiger partial charge is 0.300 e. The molecule has 2 rings (SSSR count). The molecule has 2 nitrogen and oxygen atoms in total. The Balaban J connectivity index is 2.01. The van der Waals surface area contributed by atoms with Crippen molar-refractivity contribution < 1.29 is 0 Å². The van der Waals surface area contributed by atoms with Gasteiger partial charge in [0.1, 0.15) is 0 Å². The first kappa shape index (κ1) is 9.02. The molecule has 1 saturated heterocycles. The van der Waals surface area contributed by atoms with E-state index >= 15 is 0 Å². The van der Waals surface area contributed by atoms with Crippen LogP contribution in [0.1, 0.15) is 33.1 Å². The van der Waals surface area contributed by atoms with Crippen molar-refractivity contribution in [3.8, 4) is 6.07 Å². The summed E-state index contributed by atoms with van der Waals surface area (Å²) < 4.78 is 0. The Bertz CT molecular complexity index is 235. The third-order valence-electron chi connectivity index (χ3n) is 3.48. The van der Waals surface area contributed by atoms with E-state index < -0.39 is 0 Å². The fourth-order valence-corrected chi connectivity index (χ4v) is 2.39. The van der Waals surface area contributed by atoms with E-state index in [2.05, 4.69) is 24.8 Å². The molecule has 2 fully saturated rings. The van der Waals surface area contributed by atoms with Crippen LogP contribution in [0.2, 0.25) is 0 Å². The predicted molar refractivity (Wildman–Crippen MR) is 52.1 cm³/mol. The highest BCUT2D eigenvalue weighted by Gasteiger charge is 2.40. The highest BCUT2D eigenvalue weighted by atomic mass is 15.2. The molecule has 1 saturated carbocycles. The Hall–Kier alpha value is -0.550. The van der Waals surface area contributed by atoms with Gasteiger partial charge in [-0.05, 0) is 31.2 Å². The zero-order valence-electron chi connectivity index (χ0n) is 8.58. The number of likely N-dealkylation sites (tertiary alicyclic amines) is 1. The van der Waals surface area contributed by atoms with E-state index in [1.807, 2.05) is 0 Å². The summed E-state index contributed by atoms with van der Waals surface area (Å²) >= 11 is 0. The van der Waals surface area contributed by atoms with Gasteiger partial charge in [0.25, 0.3) is 0 Å². The molecule has 1 aliphatic heterocycles. The topological polar surface area (TPSA) is 27.0 Å². The van der Waals surface area contributed by atoms with Gasteiger partial charge in [-0.2, -0.15) is 5.26 Å². The average Bonchev–Trinajstić information content (AvgIpc) is 2.84. The van der Waals surface area contributed by atoms with Crippen LogP contribution in [-0.4, -0.2) is 24.0 Å². The van der Waals surface area contributed by atoms with Crippen molar-refractivity contribution in [2.45, 2.75) is 39.2 Å². The lowest BCUT2D eigenvalue weighted by Crippen LogP contribution is -2.46. The van der Waals surface area contributed by atoms with Gasteiger partial charge in [-0.1, -0.05) is 13.8 Å². The number of nitrogens with zero attached hydrogens (tertiary/aromatic N) is 2. The fraction of sp³-hybridized carbons (Fsp3) is 0.909. The van der Waals surface area contributed by atoms with Gasteiger partial charge in [-0.3, -0.25) is 4.90 Å². The molecule has 0 aromatic rings. The maximum Gasteiger partial charge on any atom is 0.0662 e. The van der Waals surface area contributed by atoms with Crippen molar-refractivity contribution in [2.24, 2.45) is 11.3 Å². The van der Waals surface area contributed by atoms with Crippen molar-refractivity contribution in [2.75, 3.05) is 13.1 Å². The number of piperidine rings is 1. The van der Waals surface area contributed by atoms with E-state index in [0.717, 1.165) is 25.6 Å². The van der Waals surface area contributed by atoms with E-state index in [1.54, 1.807) is 0 Å². The highest BCUT2D eigenvalue weighted by Crippen LogP contribution is 2.39. The molecule has 72 valence electrons. The monoisotopic (exact) mass is 178 g/mol. The molecule has 0 aromatic heterocycles. The first-order valence-electron chi connectivity index (χ1n) is 5.27. The van der Waals surface area contributed by atoms with E-state index in [-0.39, 0.29) is 11.3 Å². The molecule has 0 aromatic carbocycles. The zero-order chi connectivity index (χ0) is 9.47. The van der Waals surface area contributed by atoms with Crippen LogP contribution in [0.25, 0.3) is 0 Å². The molecule has 13 heavy (non-hydrogen) atoms. The van der Waals surface area contributed by atoms with Crippen LogP contribution in [0.5, 0.6) is 0 Å². The minimum Gasteiger partial charge on any atom is -0.300 e. The maximum absolute atomic E-state index is 9.00. The molecule has 2 heteroatoms. The summed E-state index contributed by atoms with van der Waals surface area (Å²) in [7, 11) is 0. The van der Waals surface area contributed by atoms with Crippen molar-refractivity contribution in [1.29, 1.82) is 5.26 Å². The Morgan fingerprint density at radius 2 is 2.00 bits per heavy atom. The first-order valence-corrected chi connectivity index (χ1v) is 5.27. The van der Waals surface area contributed by atoms with Crippen LogP contribution in [0.3, 0.4) is 0 Å². The Kier molecular flexibility index (Phi) is 2.08. The molecular weight excluding hydrogens is 160 g/mol. The Labute approximate surface area is 80.5 Å². The van der Waals surface area contributed by atoms with Gasteiger partial charge >= 0.3 is 0 Å².